The zero-order valence-corrected chi connectivity index (χ0v) is 11.8. The van der Waals surface area contributed by atoms with Crippen molar-refractivity contribution in [3.05, 3.63) is 24.2 Å². The minimum absolute atomic E-state index is 0.0436. The van der Waals surface area contributed by atoms with E-state index < -0.39 is 0 Å². The van der Waals surface area contributed by atoms with Crippen LogP contribution in [0.5, 0.6) is 0 Å². The standard InChI is InChI=1S/C15H24N2O2/c1-11(14-9-6-10-19-14)16-12(2)15(18)17-13-7-4-3-5-8-13/h6,9-13,16H,3-5,7-8H2,1-2H3,(H,17,18)/t11-,12-/m0/s1. The average molecular weight is 264 g/mol. The van der Waals surface area contributed by atoms with Gasteiger partial charge in [0.1, 0.15) is 5.76 Å². The largest absolute Gasteiger partial charge is 0.468 e. The van der Waals surface area contributed by atoms with Crippen molar-refractivity contribution in [2.24, 2.45) is 0 Å². The van der Waals surface area contributed by atoms with Crippen LogP contribution in [-0.4, -0.2) is 18.0 Å². The summed E-state index contributed by atoms with van der Waals surface area (Å²) in [6.07, 6.45) is 7.65. The highest BCUT2D eigenvalue weighted by Crippen LogP contribution is 2.18. The lowest BCUT2D eigenvalue weighted by Gasteiger charge is -2.25. The predicted octanol–water partition coefficient (Wildman–Crippen LogP) is 2.77. The Kier molecular flexibility index (Phi) is 5.02. The first-order valence-corrected chi connectivity index (χ1v) is 7.26. The maximum atomic E-state index is 12.1. The molecule has 2 N–H and O–H groups in total. The van der Waals surface area contributed by atoms with Crippen LogP contribution >= 0.6 is 0 Å². The van der Waals surface area contributed by atoms with E-state index in [1.807, 2.05) is 26.0 Å². The summed E-state index contributed by atoms with van der Waals surface area (Å²) in [6.45, 7) is 3.90. The monoisotopic (exact) mass is 264 g/mol. The van der Waals surface area contributed by atoms with Gasteiger partial charge in [0.2, 0.25) is 5.91 Å². The highest BCUT2D eigenvalue weighted by atomic mass is 16.3. The second-order valence-corrected chi connectivity index (χ2v) is 5.47. The van der Waals surface area contributed by atoms with Crippen molar-refractivity contribution in [2.75, 3.05) is 0 Å². The van der Waals surface area contributed by atoms with Gasteiger partial charge in [-0.25, -0.2) is 0 Å². The quantitative estimate of drug-likeness (QED) is 0.860. The van der Waals surface area contributed by atoms with E-state index in [2.05, 4.69) is 10.6 Å². The molecule has 1 aliphatic rings. The molecule has 0 aliphatic heterocycles. The zero-order chi connectivity index (χ0) is 13.7. The molecule has 0 spiro atoms. The highest BCUT2D eigenvalue weighted by molar-refractivity contribution is 5.81. The SMILES string of the molecule is C[C@H](N[C@@H](C)c1ccco1)C(=O)NC1CCCCC1. The molecular formula is C15H24N2O2. The van der Waals surface area contributed by atoms with E-state index >= 15 is 0 Å². The van der Waals surface area contributed by atoms with E-state index in [1.54, 1.807) is 6.26 Å². The Balaban J connectivity index is 1.78. The molecule has 1 fully saturated rings. The molecular weight excluding hydrogens is 240 g/mol. The van der Waals surface area contributed by atoms with Crippen LogP contribution in [0.3, 0.4) is 0 Å². The lowest BCUT2D eigenvalue weighted by molar-refractivity contribution is -0.123. The van der Waals surface area contributed by atoms with Crippen molar-refractivity contribution >= 4 is 5.91 Å². The predicted molar refractivity (Wildman–Crippen MR) is 74.7 cm³/mol. The molecule has 4 nitrogen and oxygen atoms in total. The van der Waals surface area contributed by atoms with Crippen LogP contribution < -0.4 is 10.6 Å². The maximum Gasteiger partial charge on any atom is 0.237 e. The Morgan fingerprint density at radius 2 is 2.05 bits per heavy atom. The summed E-state index contributed by atoms with van der Waals surface area (Å²) in [7, 11) is 0. The topological polar surface area (TPSA) is 54.3 Å². The van der Waals surface area contributed by atoms with Gasteiger partial charge < -0.3 is 9.73 Å². The molecule has 1 aliphatic carbocycles. The van der Waals surface area contributed by atoms with Gasteiger partial charge in [-0.05, 0) is 38.8 Å². The summed E-state index contributed by atoms with van der Waals surface area (Å²) in [5, 5.41) is 6.40. The van der Waals surface area contributed by atoms with E-state index in [0.29, 0.717) is 6.04 Å². The van der Waals surface area contributed by atoms with Crippen LogP contribution in [0.1, 0.15) is 57.8 Å². The molecule has 19 heavy (non-hydrogen) atoms. The maximum absolute atomic E-state index is 12.1. The first-order valence-electron chi connectivity index (χ1n) is 7.26. The summed E-state index contributed by atoms with van der Waals surface area (Å²) in [6, 6.07) is 3.98. The molecule has 106 valence electrons. The Morgan fingerprint density at radius 3 is 2.68 bits per heavy atom. The molecule has 4 heteroatoms. The fourth-order valence-corrected chi connectivity index (χ4v) is 2.64. The summed E-state index contributed by atoms with van der Waals surface area (Å²) < 4.78 is 5.33. The molecule has 2 atom stereocenters. The lowest BCUT2D eigenvalue weighted by Crippen LogP contribution is -2.47. The number of furan rings is 1. The third-order valence-corrected chi connectivity index (χ3v) is 3.81. The third kappa shape index (κ3) is 4.10. The van der Waals surface area contributed by atoms with Crippen LogP contribution in [0.15, 0.2) is 22.8 Å². The van der Waals surface area contributed by atoms with E-state index in [0.717, 1.165) is 18.6 Å². The number of amides is 1. The summed E-state index contributed by atoms with van der Waals surface area (Å²) in [5.41, 5.74) is 0. The molecule has 0 bridgehead atoms. The zero-order valence-electron chi connectivity index (χ0n) is 11.8. The first-order chi connectivity index (χ1) is 9.16. The molecule has 1 aromatic heterocycles. The van der Waals surface area contributed by atoms with E-state index in [1.165, 1.54) is 19.3 Å². The van der Waals surface area contributed by atoms with Gasteiger partial charge in [-0.2, -0.15) is 0 Å². The van der Waals surface area contributed by atoms with Gasteiger partial charge in [-0.3, -0.25) is 10.1 Å². The Morgan fingerprint density at radius 1 is 1.32 bits per heavy atom. The van der Waals surface area contributed by atoms with Gasteiger partial charge in [0, 0.05) is 6.04 Å². The Labute approximate surface area is 114 Å². The molecule has 2 rings (SSSR count). The second-order valence-electron chi connectivity index (χ2n) is 5.47. The highest BCUT2D eigenvalue weighted by Gasteiger charge is 2.21. The van der Waals surface area contributed by atoms with Crippen molar-refractivity contribution in [3.63, 3.8) is 0 Å². The number of nitrogens with one attached hydrogen (secondary N) is 2. The van der Waals surface area contributed by atoms with E-state index in [4.69, 9.17) is 4.42 Å². The third-order valence-electron chi connectivity index (χ3n) is 3.81. The molecule has 0 saturated heterocycles. The summed E-state index contributed by atoms with van der Waals surface area (Å²) >= 11 is 0. The fourth-order valence-electron chi connectivity index (χ4n) is 2.64. The molecule has 1 heterocycles. The van der Waals surface area contributed by atoms with Gasteiger partial charge in [0.25, 0.3) is 0 Å². The summed E-state index contributed by atoms with van der Waals surface area (Å²) in [4.78, 5) is 12.1. The smallest absolute Gasteiger partial charge is 0.237 e. The number of hydrogen-bond acceptors (Lipinski definition) is 3. The number of hydrogen-bond donors (Lipinski definition) is 2. The molecule has 0 unspecified atom stereocenters. The van der Waals surface area contributed by atoms with Crippen LogP contribution in [-0.2, 0) is 4.79 Å². The van der Waals surface area contributed by atoms with E-state index in [-0.39, 0.29) is 18.0 Å². The number of rotatable bonds is 5. The summed E-state index contributed by atoms with van der Waals surface area (Å²) in [5.74, 6) is 0.947. The minimum Gasteiger partial charge on any atom is -0.468 e. The van der Waals surface area contributed by atoms with Crippen molar-refractivity contribution < 1.29 is 9.21 Å². The van der Waals surface area contributed by atoms with Gasteiger partial charge in [-0.1, -0.05) is 19.3 Å². The van der Waals surface area contributed by atoms with E-state index in [9.17, 15) is 4.79 Å². The van der Waals surface area contributed by atoms with Crippen molar-refractivity contribution in [3.8, 4) is 0 Å². The van der Waals surface area contributed by atoms with Crippen LogP contribution in [0.25, 0.3) is 0 Å². The second kappa shape index (κ2) is 6.75. The molecule has 0 radical (unpaired) electrons. The fraction of sp³-hybridized carbons (Fsp3) is 0.667. The Bertz CT molecular complexity index is 383. The van der Waals surface area contributed by atoms with Crippen LogP contribution in [0.4, 0.5) is 0 Å². The average Bonchev–Trinajstić information content (AvgIpc) is 2.93. The molecule has 1 aromatic rings. The van der Waals surface area contributed by atoms with Crippen LogP contribution in [0.2, 0.25) is 0 Å². The van der Waals surface area contributed by atoms with Gasteiger partial charge >= 0.3 is 0 Å². The minimum atomic E-state index is -0.206. The normalized spacial score (nSPS) is 19.9. The lowest BCUT2D eigenvalue weighted by atomic mass is 9.95. The van der Waals surface area contributed by atoms with Gasteiger partial charge in [0.15, 0.2) is 0 Å². The number of carbonyl (C=O) groups excluding carboxylic acids is 1. The Hall–Kier alpha value is -1.29. The van der Waals surface area contributed by atoms with Crippen molar-refractivity contribution in [1.82, 2.24) is 10.6 Å². The van der Waals surface area contributed by atoms with Crippen LogP contribution in [0, 0.1) is 0 Å². The molecule has 1 amide bonds. The first kappa shape index (κ1) is 14.1. The number of carbonyl (C=O) groups is 1. The van der Waals surface area contributed by atoms with Gasteiger partial charge in [-0.15, -0.1) is 0 Å². The molecule has 0 aromatic carbocycles. The van der Waals surface area contributed by atoms with Crippen molar-refractivity contribution in [2.45, 2.75) is 64.1 Å². The van der Waals surface area contributed by atoms with Crippen molar-refractivity contribution in [1.29, 1.82) is 0 Å². The van der Waals surface area contributed by atoms with Gasteiger partial charge in [0.05, 0.1) is 18.3 Å². The molecule has 1 saturated carbocycles.